The number of anilines is 1. The number of rotatable bonds is 6. The molecule has 1 aliphatic rings. The van der Waals surface area contributed by atoms with Crippen LogP contribution in [0.15, 0.2) is 47.7 Å². The zero-order chi connectivity index (χ0) is 25.0. The van der Waals surface area contributed by atoms with E-state index in [1.165, 1.54) is 17.3 Å². The third kappa shape index (κ3) is 5.05. The summed E-state index contributed by atoms with van der Waals surface area (Å²) in [5.74, 6) is -1.17. The van der Waals surface area contributed by atoms with Crippen molar-refractivity contribution < 1.29 is 18.0 Å². The number of hydrazone groups is 1. The van der Waals surface area contributed by atoms with Gasteiger partial charge in [0, 0.05) is 45.2 Å². The van der Waals surface area contributed by atoms with E-state index in [1.54, 1.807) is 9.80 Å². The minimum atomic E-state index is -4.73. The number of benzene rings is 1. The summed E-state index contributed by atoms with van der Waals surface area (Å²) in [5.41, 5.74) is 0.959. The Labute approximate surface area is 198 Å². The molecular weight excluding hydrogens is 465 g/mol. The molecule has 184 valence electrons. The molecule has 1 fully saturated rings. The lowest BCUT2D eigenvalue weighted by Gasteiger charge is -2.38. The van der Waals surface area contributed by atoms with E-state index >= 15 is 0 Å². The number of carbonyl (C=O) groups excluding carboxylic acids is 1. The predicted octanol–water partition coefficient (Wildman–Crippen LogP) is 2.78. The van der Waals surface area contributed by atoms with Crippen LogP contribution in [0.25, 0.3) is 5.82 Å². The summed E-state index contributed by atoms with van der Waals surface area (Å²) in [6.07, 6.45) is -2.74. The van der Waals surface area contributed by atoms with Gasteiger partial charge in [-0.25, -0.2) is 14.8 Å². The van der Waals surface area contributed by atoms with E-state index in [0.717, 1.165) is 5.56 Å². The molecular formula is C21H23F3N10O. The molecule has 2 amide bonds. The van der Waals surface area contributed by atoms with Gasteiger partial charge in [0.25, 0.3) is 5.82 Å². The molecule has 1 atom stereocenters. The third-order valence-corrected chi connectivity index (χ3v) is 5.62. The van der Waals surface area contributed by atoms with Gasteiger partial charge in [-0.15, -0.1) is 5.10 Å². The quantitative estimate of drug-likeness (QED) is 0.388. The molecule has 0 N–H and O–H groups in total. The van der Waals surface area contributed by atoms with Crippen molar-refractivity contribution in [1.29, 1.82) is 0 Å². The maximum Gasteiger partial charge on any atom is 0.453 e. The first-order valence-electron chi connectivity index (χ1n) is 10.9. The lowest BCUT2D eigenvalue weighted by molar-refractivity contribution is -0.146. The first kappa shape index (κ1) is 24.0. The Hall–Kier alpha value is -4.10. The molecule has 14 heteroatoms. The van der Waals surface area contributed by atoms with Gasteiger partial charge in [0.1, 0.15) is 0 Å². The lowest BCUT2D eigenvalue weighted by atomic mass is 10.0. The molecule has 1 aromatic carbocycles. The molecule has 4 rings (SSSR count). The number of piperazine rings is 1. The maximum absolute atomic E-state index is 13.2. The molecule has 1 aliphatic heterocycles. The number of amides is 2. The van der Waals surface area contributed by atoms with E-state index in [4.69, 9.17) is 0 Å². The van der Waals surface area contributed by atoms with Crippen molar-refractivity contribution in [2.45, 2.75) is 25.6 Å². The number of halogens is 3. The van der Waals surface area contributed by atoms with Crippen LogP contribution < -0.4 is 4.90 Å². The van der Waals surface area contributed by atoms with Crippen LogP contribution in [-0.4, -0.2) is 79.0 Å². The Morgan fingerprint density at radius 3 is 2.51 bits per heavy atom. The van der Waals surface area contributed by atoms with Gasteiger partial charge in [-0.05, 0) is 22.4 Å². The molecule has 0 aliphatic carbocycles. The summed E-state index contributed by atoms with van der Waals surface area (Å²) in [4.78, 5) is 25.0. The number of hydrogen-bond donors (Lipinski definition) is 0. The maximum atomic E-state index is 13.2. The minimum absolute atomic E-state index is 0.110. The fraction of sp³-hybridized carbons (Fsp3) is 0.381. The summed E-state index contributed by atoms with van der Waals surface area (Å²) in [6, 6.07) is 10.4. The van der Waals surface area contributed by atoms with Crippen molar-refractivity contribution in [3.05, 3.63) is 54.0 Å². The minimum Gasteiger partial charge on any atom is -0.337 e. The standard InChI is InChI=1S/C21H23F3N10O/c1-3-16(15-7-5-4-6-8-15)33(25-2)20(35)32-13-11-31(12-14-32)19-26-10-9-17(27-19)34-18(21(22,23)24)28-29-30-34/h4-10,16H,2-3,11-14H2,1H3/t16-/m0/s1. The normalized spacial score (nSPS) is 15.1. The average molecular weight is 488 g/mol. The van der Waals surface area contributed by atoms with E-state index in [1.807, 2.05) is 37.3 Å². The van der Waals surface area contributed by atoms with Crippen LogP contribution >= 0.6 is 0 Å². The zero-order valence-electron chi connectivity index (χ0n) is 18.9. The first-order valence-corrected chi connectivity index (χ1v) is 10.9. The second kappa shape index (κ2) is 10.0. The fourth-order valence-electron chi connectivity index (χ4n) is 3.89. The summed E-state index contributed by atoms with van der Waals surface area (Å²) in [5, 5.41) is 14.9. The van der Waals surface area contributed by atoms with Crippen LogP contribution in [-0.2, 0) is 6.18 Å². The first-order chi connectivity index (χ1) is 16.8. The highest BCUT2D eigenvalue weighted by Crippen LogP contribution is 2.28. The average Bonchev–Trinajstić information content (AvgIpc) is 3.39. The number of tetrazole rings is 1. The number of hydrogen-bond acceptors (Lipinski definition) is 8. The van der Waals surface area contributed by atoms with E-state index in [9.17, 15) is 18.0 Å². The van der Waals surface area contributed by atoms with Crippen LogP contribution in [0.4, 0.5) is 23.9 Å². The Balaban J connectivity index is 1.45. The Morgan fingerprint density at radius 1 is 1.17 bits per heavy atom. The highest BCUT2D eigenvalue weighted by Gasteiger charge is 2.39. The van der Waals surface area contributed by atoms with Gasteiger partial charge in [0.2, 0.25) is 5.95 Å². The largest absolute Gasteiger partial charge is 0.453 e. The number of nitrogens with zero attached hydrogens (tertiary/aromatic N) is 10. The molecule has 1 saturated heterocycles. The number of urea groups is 1. The summed E-state index contributed by atoms with van der Waals surface area (Å²) >= 11 is 0. The molecule has 3 aromatic rings. The van der Waals surface area contributed by atoms with Crippen LogP contribution in [0.5, 0.6) is 0 Å². The topological polar surface area (TPSA) is 109 Å². The van der Waals surface area contributed by atoms with Crippen LogP contribution in [0.1, 0.15) is 30.8 Å². The van der Waals surface area contributed by atoms with Gasteiger partial charge in [0.05, 0.1) is 6.04 Å². The van der Waals surface area contributed by atoms with Crippen LogP contribution in [0.2, 0.25) is 0 Å². The molecule has 0 saturated carbocycles. The molecule has 0 bridgehead atoms. The van der Waals surface area contributed by atoms with Crippen molar-refractivity contribution in [2.24, 2.45) is 5.10 Å². The zero-order valence-corrected chi connectivity index (χ0v) is 18.9. The van der Waals surface area contributed by atoms with Gasteiger partial charge in [-0.3, -0.25) is 0 Å². The van der Waals surface area contributed by atoms with E-state index in [0.29, 0.717) is 37.3 Å². The molecule has 2 aromatic heterocycles. The van der Waals surface area contributed by atoms with Crippen molar-refractivity contribution >= 4 is 18.7 Å². The van der Waals surface area contributed by atoms with Crippen molar-refractivity contribution in [3.8, 4) is 5.82 Å². The second-order valence-electron chi connectivity index (χ2n) is 7.70. The Kier molecular flexibility index (Phi) is 6.89. The highest BCUT2D eigenvalue weighted by molar-refractivity contribution is 5.75. The monoisotopic (exact) mass is 488 g/mol. The molecule has 0 radical (unpaired) electrons. The second-order valence-corrected chi connectivity index (χ2v) is 7.70. The molecule has 0 spiro atoms. The fourth-order valence-corrected chi connectivity index (χ4v) is 3.89. The molecule has 3 heterocycles. The number of alkyl halides is 3. The number of carbonyl (C=O) groups is 1. The van der Waals surface area contributed by atoms with Crippen molar-refractivity contribution in [1.82, 2.24) is 40.1 Å². The van der Waals surface area contributed by atoms with E-state index < -0.39 is 12.0 Å². The third-order valence-electron chi connectivity index (χ3n) is 5.62. The summed E-state index contributed by atoms with van der Waals surface area (Å²) in [6.45, 7) is 7.02. The van der Waals surface area contributed by atoms with Crippen molar-refractivity contribution in [2.75, 3.05) is 31.1 Å². The Bertz CT molecular complexity index is 1160. The molecule has 11 nitrogen and oxygen atoms in total. The predicted molar refractivity (Wildman–Crippen MR) is 120 cm³/mol. The van der Waals surface area contributed by atoms with Crippen molar-refractivity contribution in [3.63, 3.8) is 0 Å². The number of aromatic nitrogens is 6. The van der Waals surface area contributed by atoms with Gasteiger partial charge in [-0.2, -0.15) is 27.9 Å². The summed E-state index contributed by atoms with van der Waals surface area (Å²) in [7, 11) is 0. The molecule has 35 heavy (non-hydrogen) atoms. The highest BCUT2D eigenvalue weighted by atomic mass is 19.4. The van der Waals surface area contributed by atoms with Gasteiger partial charge in [-0.1, -0.05) is 37.3 Å². The summed E-state index contributed by atoms with van der Waals surface area (Å²) < 4.78 is 40.0. The Morgan fingerprint density at radius 2 is 1.89 bits per heavy atom. The van der Waals surface area contributed by atoms with Gasteiger partial charge in [0.15, 0.2) is 5.82 Å². The SMILES string of the molecule is C=NN(C(=O)N1CCN(c2nccc(-n3nnnc3C(F)(F)F)n2)CC1)[C@@H](CC)c1ccccc1. The van der Waals surface area contributed by atoms with Crippen LogP contribution in [0, 0.1) is 0 Å². The van der Waals surface area contributed by atoms with E-state index in [2.05, 4.69) is 37.3 Å². The molecule has 0 unspecified atom stereocenters. The van der Waals surface area contributed by atoms with E-state index in [-0.39, 0.29) is 23.8 Å². The van der Waals surface area contributed by atoms with Gasteiger partial charge < -0.3 is 9.80 Å². The van der Waals surface area contributed by atoms with Crippen LogP contribution in [0.3, 0.4) is 0 Å². The van der Waals surface area contributed by atoms with Gasteiger partial charge >= 0.3 is 12.2 Å². The smallest absolute Gasteiger partial charge is 0.337 e. The lowest BCUT2D eigenvalue weighted by Crippen LogP contribution is -2.52.